The van der Waals surface area contributed by atoms with Crippen LogP contribution in [0.25, 0.3) is 0 Å². The standard InChI is InChI=1S/C22H24ClN5O5S/c23-17-2-1-3-18(15-17)26-10-12-27(13-11-26)34(32,33)19-4-5-20-16(14-19)7-9-28(20)22(30)24-8-6-21(29)25-31/h1-6,8,14-15,31H,7,9-13H2,(H,24,30)(H,25,29)/b8-6+. The van der Waals surface area contributed by atoms with Gasteiger partial charge in [-0.25, -0.2) is 18.7 Å². The third kappa shape index (κ3) is 5.02. The first-order valence-corrected chi connectivity index (χ1v) is 12.4. The Labute approximate surface area is 202 Å². The summed E-state index contributed by atoms with van der Waals surface area (Å²) in [5.74, 6) is -0.773. The van der Waals surface area contributed by atoms with Crippen LogP contribution >= 0.6 is 11.6 Å². The number of carbonyl (C=O) groups is 2. The molecule has 34 heavy (non-hydrogen) atoms. The highest BCUT2D eigenvalue weighted by Crippen LogP contribution is 2.31. The number of hydroxylamine groups is 1. The maximum absolute atomic E-state index is 13.3. The van der Waals surface area contributed by atoms with Gasteiger partial charge < -0.3 is 10.2 Å². The molecule has 3 amide bonds. The molecule has 10 nitrogen and oxygen atoms in total. The van der Waals surface area contributed by atoms with Crippen molar-refractivity contribution in [3.05, 3.63) is 65.3 Å². The van der Waals surface area contributed by atoms with Gasteiger partial charge in [-0.2, -0.15) is 4.31 Å². The molecule has 0 aromatic heterocycles. The van der Waals surface area contributed by atoms with Gasteiger partial charge in [0.2, 0.25) is 10.0 Å². The lowest BCUT2D eigenvalue weighted by atomic mass is 10.2. The van der Waals surface area contributed by atoms with E-state index in [0.717, 1.165) is 23.5 Å². The Kier molecular flexibility index (Phi) is 7.08. The van der Waals surface area contributed by atoms with E-state index in [4.69, 9.17) is 16.8 Å². The Hall–Kier alpha value is -3.12. The van der Waals surface area contributed by atoms with E-state index in [-0.39, 0.29) is 4.90 Å². The van der Waals surface area contributed by atoms with E-state index in [1.165, 1.54) is 20.8 Å². The molecule has 4 rings (SSSR count). The number of anilines is 2. The maximum atomic E-state index is 13.3. The van der Waals surface area contributed by atoms with Crippen LogP contribution in [-0.4, -0.2) is 62.6 Å². The summed E-state index contributed by atoms with van der Waals surface area (Å²) >= 11 is 6.08. The van der Waals surface area contributed by atoms with E-state index in [1.54, 1.807) is 18.2 Å². The molecule has 1 saturated heterocycles. The van der Waals surface area contributed by atoms with Gasteiger partial charge in [0.25, 0.3) is 5.91 Å². The number of piperazine rings is 1. The van der Waals surface area contributed by atoms with Crippen molar-refractivity contribution in [3.63, 3.8) is 0 Å². The first-order chi connectivity index (χ1) is 16.3. The number of carbonyl (C=O) groups excluding carboxylic acids is 2. The first-order valence-electron chi connectivity index (χ1n) is 10.6. The van der Waals surface area contributed by atoms with Crippen LogP contribution in [0.2, 0.25) is 5.02 Å². The van der Waals surface area contributed by atoms with Crippen LogP contribution in [0.3, 0.4) is 0 Å². The van der Waals surface area contributed by atoms with Crippen molar-refractivity contribution in [2.45, 2.75) is 11.3 Å². The molecule has 0 saturated carbocycles. The molecule has 0 radical (unpaired) electrons. The molecule has 12 heteroatoms. The van der Waals surface area contributed by atoms with Crippen molar-refractivity contribution in [1.82, 2.24) is 15.1 Å². The highest BCUT2D eigenvalue weighted by Gasteiger charge is 2.31. The molecule has 1 fully saturated rings. The molecule has 0 spiro atoms. The number of halogens is 1. The number of rotatable bonds is 5. The van der Waals surface area contributed by atoms with E-state index >= 15 is 0 Å². The number of nitrogens with zero attached hydrogens (tertiary/aromatic N) is 3. The van der Waals surface area contributed by atoms with Gasteiger partial charge in [-0.15, -0.1) is 0 Å². The highest BCUT2D eigenvalue weighted by molar-refractivity contribution is 7.89. The fraction of sp³-hybridized carbons (Fsp3) is 0.273. The molecule has 3 N–H and O–H groups in total. The van der Waals surface area contributed by atoms with Crippen LogP contribution in [0.4, 0.5) is 16.2 Å². The fourth-order valence-electron chi connectivity index (χ4n) is 4.06. The van der Waals surface area contributed by atoms with E-state index < -0.39 is 22.0 Å². The molecule has 2 aromatic carbocycles. The average Bonchev–Trinajstić information content (AvgIpc) is 3.27. The minimum atomic E-state index is -3.68. The molecule has 0 atom stereocenters. The Bertz CT molecular complexity index is 1230. The zero-order valence-corrected chi connectivity index (χ0v) is 19.7. The lowest BCUT2D eigenvalue weighted by Crippen LogP contribution is -2.48. The van der Waals surface area contributed by atoms with Gasteiger partial charge in [0.05, 0.1) is 4.90 Å². The second-order valence-electron chi connectivity index (χ2n) is 7.82. The number of urea groups is 1. The minimum Gasteiger partial charge on any atom is -0.369 e. The molecule has 2 aromatic rings. The summed E-state index contributed by atoms with van der Waals surface area (Å²) in [6.07, 6.45) is 2.60. The molecule has 2 aliphatic heterocycles. The van der Waals surface area contributed by atoms with E-state index in [1.807, 2.05) is 18.2 Å². The first kappa shape index (κ1) is 24.0. The van der Waals surface area contributed by atoms with Crippen LogP contribution in [0.15, 0.2) is 59.6 Å². The summed E-state index contributed by atoms with van der Waals surface area (Å²) in [4.78, 5) is 27.2. The number of hydrogen-bond donors (Lipinski definition) is 3. The van der Waals surface area contributed by atoms with Crippen LogP contribution in [-0.2, 0) is 21.2 Å². The van der Waals surface area contributed by atoms with Crippen LogP contribution < -0.4 is 20.6 Å². The Morgan fingerprint density at radius 1 is 1.03 bits per heavy atom. The summed E-state index contributed by atoms with van der Waals surface area (Å²) in [7, 11) is -3.68. The predicted molar refractivity (Wildman–Crippen MR) is 128 cm³/mol. The third-order valence-electron chi connectivity index (χ3n) is 5.79. The average molecular weight is 506 g/mol. The Morgan fingerprint density at radius 2 is 1.79 bits per heavy atom. The SMILES string of the molecule is O=C(/C=C/NC(=O)N1CCc2cc(S(=O)(=O)N3CCN(c4cccc(Cl)c4)CC3)ccc21)NO. The monoisotopic (exact) mass is 505 g/mol. The van der Waals surface area contributed by atoms with Crippen molar-refractivity contribution < 1.29 is 23.2 Å². The quantitative estimate of drug-likeness (QED) is 0.324. The van der Waals surface area contributed by atoms with Crippen molar-refractivity contribution in [2.75, 3.05) is 42.5 Å². The summed E-state index contributed by atoms with van der Waals surface area (Å²) in [6.45, 7) is 2.20. The van der Waals surface area contributed by atoms with E-state index in [9.17, 15) is 18.0 Å². The Morgan fingerprint density at radius 3 is 2.50 bits per heavy atom. The van der Waals surface area contributed by atoms with Crippen LogP contribution in [0.5, 0.6) is 0 Å². The molecular formula is C22H24ClN5O5S. The fourth-order valence-corrected chi connectivity index (χ4v) is 5.72. The van der Waals surface area contributed by atoms with Gasteiger partial charge in [0.1, 0.15) is 0 Å². The Balaban J connectivity index is 1.43. The molecule has 2 heterocycles. The van der Waals surface area contributed by atoms with Gasteiger partial charge in [-0.3, -0.25) is 14.9 Å². The minimum absolute atomic E-state index is 0.198. The lowest BCUT2D eigenvalue weighted by molar-refractivity contribution is -0.124. The predicted octanol–water partition coefficient (Wildman–Crippen LogP) is 1.94. The largest absolute Gasteiger partial charge is 0.369 e. The number of nitrogens with one attached hydrogen (secondary N) is 2. The van der Waals surface area contributed by atoms with Crippen molar-refractivity contribution in [3.8, 4) is 0 Å². The van der Waals surface area contributed by atoms with Crippen molar-refractivity contribution >= 4 is 44.9 Å². The van der Waals surface area contributed by atoms with E-state index in [0.29, 0.717) is 49.9 Å². The highest BCUT2D eigenvalue weighted by atomic mass is 35.5. The molecule has 2 aliphatic rings. The van der Waals surface area contributed by atoms with Gasteiger partial charge >= 0.3 is 6.03 Å². The number of benzene rings is 2. The molecule has 0 bridgehead atoms. The van der Waals surface area contributed by atoms with Gasteiger partial charge in [-0.1, -0.05) is 17.7 Å². The number of hydrogen-bond acceptors (Lipinski definition) is 6. The smallest absolute Gasteiger partial charge is 0.325 e. The summed E-state index contributed by atoms with van der Waals surface area (Å²) < 4.78 is 28.0. The summed E-state index contributed by atoms with van der Waals surface area (Å²) in [6, 6.07) is 11.8. The summed E-state index contributed by atoms with van der Waals surface area (Å²) in [5, 5.41) is 11.6. The number of sulfonamides is 1. The molecule has 0 aliphatic carbocycles. The molecule has 0 unspecified atom stereocenters. The maximum Gasteiger partial charge on any atom is 0.325 e. The number of fused-ring (bicyclic) bond motifs is 1. The van der Waals surface area contributed by atoms with Gasteiger partial charge in [-0.05, 0) is 48.4 Å². The van der Waals surface area contributed by atoms with Gasteiger partial charge in [0.15, 0.2) is 0 Å². The van der Waals surface area contributed by atoms with Gasteiger partial charge in [0, 0.05) is 61.4 Å². The number of amides is 3. The lowest BCUT2D eigenvalue weighted by Gasteiger charge is -2.35. The normalized spacial score (nSPS) is 16.5. The van der Waals surface area contributed by atoms with Crippen molar-refractivity contribution in [1.29, 1.82) is 0 Å². The zero-order chi connectivity index (χ0) is 24.3. The van der Waals surface area contributed by atoms with Crippen LogP contribution in [0, 0.1) is 0 Å². The third-order valence-corrected chi connectivity index (χ3v) is 7.92. The molecule has 180 valence electrons. The van der Waals surface area contributed by atoms with E-state index in [2.05, 4.69) is 10.2 Å². The second-order valence-corrected chi connectivity index (χ2v) is 10.2. The second kappa shape index (κ2) is 10.0. The summed E-state index contributed by atoms with van der Waals surface area (Å²) in [5.41, 5.74) is 3.76. The molecular weight excluding hydrogens is 482 g/mol. The zero-order valence-electron chi connectivity index (χ0n) is 18.1. The van der Waals surface area contributed by atoms with Crippen LogP contribution in [0.1, 0.15) is 5.56 Å². The topological polar surface area (TPSA) is 122 Å². The van der Waals surface area contributed by atoms with Crippen molar-refractivity contribution in [2.24, 2.45) is 0 Å².